The van der Waals surface area contributed by atoms with Crippen molar-refractivity contribution >= 4 is 17.7 Å². The van der Waals surface area contributed by atoms with E-state index in [1.165, 1.54) is 19.6 Å². The highest BCUT2D eigenvalue weighted by molar-refractivity contribution is 6.12. The van der Waals surface area contributed by atoms with E-state index in [0.29, 0.717) is 12.2 Å². The summed E-state index contributed by atoms with van der Waals surface area (Å²) in [4.78, 5) is 21.8. The van der Waals surface area contributed by atoms with Crippen molar-refractivity contribution in [3.8, 4) is 0 Å². The number of benzene rings is 2. The second kappa shape index (κ2) is 25.4. The summed E-state index contributed by atoms with van der Waals surface area (Å²) in [5, 5.41) is 5.11. The molecule has 45 heavy (non-hydrogen) atoms. The normalized spacial score (nSPS) is 10.8. The Morgan fingerprint density at radius 3 is 1.56 bits per heavy atom. The molecule has 9 nitrogen and oxygen atoms in total. The molecule has 254 valence electrons. The molecule has 0 saturated carbocycles. The maximum absolute atomic E-state index is 12.9. The summed E-state index contributed by atoms with van der Waals surface area (Å²) in [5.74, 6) is -0.0958. The molecule has 3 aromatic rings. The van der Waals surface area contributed by atoms with E-state index in [1.807, 2.05) is 47.9 Å². The lowest BCUT2D eigenvalue weighted by Gasteiger charge is -2.25. The molecule has 3 N–H and O–H groups in total. The van der Waals surface area contributed by atoms with Crippen LogP contribution in [-0.2, 0) is 0 Å². The van der Waals surface area contributed by atoms with E-state index in [4.69, 9.17) is 11.8 Å². The van der Waals surface area contributed by atoms with Gasteiger partial charge in [-0.15, -0.1) is 0 Å². The van der Waals surface area contributed by atoms with E-state index >= 15 is 0 Å². The molecule has 1 amide bonds. The van der Waals surface area contributed by atoms with Crippen LogP contribution < -0.4 is 5.32 Å². The first-order valence-corrected chi connectivity index (χ1v) is 16.7. The summed E-state index contributed by atoms with van der Waals surface area (Å²) in [7, 11) is 0. The minimum Gasteiger partial charge on any atom is -0.412 e. The number of hydrazine groups is 1. The molecule has 0 radical (unpaired) electrons. The van der Waals surface area contributed by atoms with Gasteiger partial charge in [-0.2, -0.15) is 4.53 Å². The van der Waals surface area contributed by atoms with Crippen LogP contribution in [0.2, 0.25) is 0 Å². The molecule has 1 heterocycles. The number of aromatic nitrogens is 2. The minimum atomic E-state index is -0.103. The summed E-state index contributed by atoms with van der Waals surface area (Å²) in [6.45, 7) is 26.8. The smallest absolute Gasteiger partial charge is 0.269 e. The standard InChI is InChI=1S/C23H28N4O.C6H15ClN2.C6H15N.H2O/c1-3-26(4-2)16-15-25-23(28)21-17-24-18-27(21)22(19-11-7-5-8-12-19)20-13-9-6-10-14-20;1-4-8(5-2)9(7)6-3;1-4-7(5-2)6-3;/h5-14,17-18,22H,3-4,15-16H2,1-2H3,(H,25,28);4-6H2,1-3H3;4-6H2,1-3H3;1H2. The fourth-order valence-electron chi connectivity index (χ4n) is 4.83. The predicted molar refractivity (Wildman–Crippen MR) is 191 cm³/mol. The van der Waals surface area contributed by atoms with E-state index in [0.717, 1.165) is 50.4 Å². The highest BCUT2D eigenvalue weighted by Gasteiger charge is 2.22. The van der Waals surface area contributed by atoms with Crippen molar-refractivity contribution < 1.29 is 10.3 Å². The van der Waals surface area contributed by atoms with Gasteiger partial charge in [0.05, 0.1) is 18.6 Å². The first-order chi connectivity index (χ1) is 21.3. The van der Waals surface area contributed by atoms with Crippen molar-refractivity contribution in [1.82, 2.24) is 34.2 Å². The molecule has 0 aliphatic rings. The molecule has 0 saturated heterocycles. The first-order valence-electron chi connectivity index (χ1n) is 16.4. The number of halogens is 1. The van der Waals surface area contributed by atoms with Gasteiger partial charge in [-0.1, -0.05) is 109 Å². The van der Waals surface area contributed by atoms with Crippen LogP contribution in [0, 0.1) is 0 Å². The van der Waals surface area contributed by atoms with Gasteiger partial charge in [-0.25, -0.2) is 9.99 Å². The number of amides is 1. The molecule has 0 fully saturated rings. The molecule has 0 atom stereocenters. The largest absolute Gasteiger partial charge is 0.412 e. The third kappa shape index (κ3) is 14.9. The number of nitrogens with one attached hydrogen (secondary N) is 1. The molecule has 10 heteroatoms. The van der Waals surface area contributed by atoms with Gasteiger partial charge in [-0.05, 0) is 62.6 Å². The Kier molecular flexibility index (Phi) is 23.8. The number of rotatable bonds is 16. The summed E-state index contributed by atoms with van der Waals surface area (Å²) < 4.78 is 3.66. The number of hydrogen-bond acceptors (Lipinski definition) is 6. The maximum atomic E-state index is 12.9. The quantitative estimate of drug-likeness (QED) is 0.156. The SMILES string of the molecule is CCN(CC)CC.CCN(CC)CCNC(=O)c1cncn1C(c1ccccc1)c1ccccc1.CCN(Cl)N(CC)CC.O. The Hall–Kier alpha value is -2.79. The molecular formula is C35H60ClN7O2. The average Bonchev–Trinajstić information content (AvgIpc) is 3.55. The summed E-state index contributed by atoms with van der Waals surface area (Å²) in [6.07, 6.45) is 3.38. The number of carbonyl (C=O) groups excluding carboxylic acids is 1. The lowest BCUT2D eigenvalue weighted by Crippen LogP contribution is -2.35. The summed E-state index contributed by atoms with van der Waals surface area (Å²) >= 11 is 5.79. The van der Waals surface area contributed by atoms with Crippen LogP contribution >= 0.6 is 11.8 Å². The molecule has 0 unspecified atom stereocenters. The Bertz CT molecular complexity index is 1060. The summed E-state index contributed by atoms with van der Waals surface area (Å²) in [6, 6.07) is 20.3. The zero-order valence-electron chi connectivity index (χ0n) is 29.0. The van der Waals surface area contributed by atoms with Crippen LogP contribution in [0.1, 0.15) is 83.0 Å². The fraction of sp³-hybridized carbons (Fsp3) is 0.543. The van der Waals surface area contributed by atoms with Crippen LogP contribution in [0.5, 0.6) is 0 Å². The van der Waals surface area contributed by atoms with Crippen molar-refractivity contribution in [3.63, 3.8) is 0 Å². The summed E-state index contributed by atoms with van der Waals surface area (Å²) in [5.41, 5.74) is 2.80. The second-order valence-corrected chi connectivity index (χ2v) is 10.5. The van der Waals surface area contributed by atoms with Crippen molar-refractivity contribution in [2.45, 2.75) is 61.4 Å². The Morgan fingerprint density at radius 2 is 1.20 bits per heavy atom. The van der Waals surface area contributed by atoms with Crippen LogP contribution in [0.25, 0.3) is 0 Å². The maximum Gasteiger partial charge on any atom is 0.269 e. The lowest BCUT2D eigenvalue weighted by atomic mass is 9.98. The number of likely N-dealkylation sites (N-methyl/N-ethyl adjacent to an activating group) is 1. The third-order valence-corrected chi connectivity index (χ3v) is 8.11. The second-order valence-electron chi connectivity index (χ2n) is 10.1. The molecule has 1 aromatic heterocycles. The van der Waals surface area contributed by atoms with E-state index in [9.17, 15) is 4.79 Å². The van der Waals surface area contributed by atoms with Crippen LogP contribution in [-0.4, -0.2) is 106 Å². The number of nitrogens with zero attached hydrogens (tertiary/aromatic N) is 6. The van der Waals surface area contributed by atoms with Gasteiger partial charge < -0.3 is 25.2 Å². The zero-order valence-corrected chi connectivity index (χ0v) is 29.8. The highest BCUT2D eigenvalue weighted by Crippen LogP contribution is 2.27. The van der Waals surface area contributed by atoms with Gasteiger partial charge in [0.25, 0.3) is 5.91 Å². The van der Waals surface area contributed by atoms with E-state index in [-0.39, 0.29) is 17.4 Å². The monoisotopic (exact) mass is 645 g/mol. The Morgan fingerprint density at radius 1 is 0.733 bits per heavy atom. The molecule has 0 aliphatic carbocycles. The van der Waals surface area contributed by atoms with Crippen LogP contribution in [0.3, 0.4) is 0 Å². The van der Waals surface area contributed by atoms with Crippen LogP contribution in [0.4, 0.5) is 0 Å². The van der Waals surface area contributed by atoms with E-state index in [2.05, 4.69) is 97.8 Å². The minimum absolute atomic E-state index is 0. The first kappa shape index (κ1) is 42.2. The third-order valence-electron chi connectivity index (χ3n) is 7.66. The topological polar surface area (TPSA) is 91.4 Å². The zero-order chi connectivity index (χ0) is 32.7. The van der Waals surface area contributed by atoms with Crippen LogP contribution in [0.15, 0.2) is 73.2 Å². The van der Waals surface area contributed by atoms with E-state index in [1.54, 1.807) is 17.1 Å². The molecule has 0 aliphatic heterocycles. The molecule has 3 rings (SSSR count). The lowest BCUT2D eigenvalue weighted by molar-refractivity contribution is 0.0808. The molecule has 0 bridgehead atoms. The van der Waals surface area contributed by atoms with Crippen molar-refractivity contribution in [2.24, 2.45) is 0 Å². The fourth-order valence-corrected chi connectivity index (χ4v) is 5.04. The Balaban J connectivity index is 0.000000944. The highest BCUT2D eigenvalue weighted by atomic mass is 35.5. The molecular weight excluding hydrogens is 586 g/mol. The van der Waals surface area contributed by atoms with Crippen molar-refractivity contribution in [3.05, 3.63) is 90.0 Å². The van der Waals surface area contributed by atoms with Crippen molar-refractivity contribution in [2.75, 3.05) is 65.4 Å². The predicted octanol–water partition coefficient (Wildman–Crippen LogP) is 5.83. The molecule has 0 spiro atoms. The van der Waals surface area contributed by atoms with Gasteiger partial charge >= 0.3 is 0 Å². The van der Waals surface area contributed by atoms with Gasteiger partial charge in [0.1, 0.15) is 5.69 Å². The van der Waals surface area contributed by atoms with Gasteiger partial charge in [-0.3, -0.25) is 4.79 Å². The van der Waals surface area contributed by atoms with Gasteiger partial charge in [0, 0.05) is 32.7 Å². The number of imidazole rings is 1. The number of carbonyl (C=O) groups is 1. The van der Waals surface area contributed by atoms with Crippen molar-refractivity contribution in [1.29, 1.82) is 0 Å². The average molecular weight is 646 g/mol. The van der Waals surface area contributed by atoms with Gasteiger partial charge in [0.15, 0.2) is 0 Å². The van der Waals surface area contributed by atoms with E-state index < -0.39 is 0 Å². The Labute approximate surface area is 278 Å². The molecule has 2 aromatic carbocycles. The number of hydrogen-bond donors (Lipinski definition) is 1. The van der Waals surface area contributed by atoms with Gasteiger partial charge in [0.2, 0.25) is 0 Å².